The Labute approximate surface area is 97.6 Å². The second kappa shape index (κ2) is 4.02. The minimum atomic E-state index is 0.383. The minimum absolute atomic E-state index is 0.383. The van der Waals surface area contributed by atoms with E-state index in [0.717, 1.165) is 6.42 Å². The van der Waals surface area contributed by atoms with Crippen LogP contribution in [-0.4, -0.2) is 36.0 Å². The lowest BCUT2D eigenvalue weighted by atomic mass is 9.89. The lowest BCUT2D eigenvalue weighted by molar-refractivity contribution is -0.131. The van der Waals surface area contributed by atoms with Crippen molar-refractivity contribution < 1.29 is 4.79 Å². The highest BCUT2D eigenvalue weighted by Gasteiger charge is 2.36. The molecule has 1 N–H and O–H groups in total. The van der Waals surface area contributed by atoms with E-state index in [9.17, 15) is 4.79 Å². The summed E-state index contributed by atoms with van der Waals surface area (Å²) < 4.78 is 0. The zero-order valence-electron chi connectivity index (χ0n) is 10.1. The summed E-state index contributed by atoms with van der Waals surface area (Å²) in [5, 5.41) is 3.63. The van der Waals surface area contributed by atoms with E-state index in [1.807, 2.05) is 11.9 Å². The predicted molar refractivity (Wildman–Crippen MR) is 63.1 cm³/mol. The van der Waals surface area contributed by atoms with Crippen molar-refractivity contribution in [2.24, 2.45) is 5.92 Å². The summed E-state index contributed by atoms with van der Waals surface area (Å²) in [7, 11) is 1.98. The fourth-order valence-electron chi connectivity index (χ4n) is 3.40. The average molecular weight is 222 g/mol. The van der Waals surface area contributed by atoms with Gasteiger partial charge in [0.25, 0.3) is 0 Å². The van der Waals surface area contributed by atoms with Gasteiger partial charge in [0.15, 0.2) is 0 Å². The topological polar surface area (TPSA) is 32.3 Å². The smallest absolute Gasteiger partial charge is 0.222 e. The first-order valence-corrected chi connectivity index (χ1v) is 6.74. The third-order valence-corrected chi connectivity index (χ3v) is 4.52. The standard InChI is InChI=1S/C13H22N2O/c1-15(12-4-5-12)13(16)8-9-6-10-2-3-11(7-9)14-10/h9-12,14H,2-8H2,1H3. The Morgan fingerprint density at radius 2 is 1.81 bits per heavy atom. The molecule has 2 heterocycles. The van der Waals surface area contributed by atoms with Gasteiger partial charge in [-0.15, -0.1) is 0 Å². The summed E-state index contributed by atoms with van der Waals surface area (Å²) >= 11 is 0. The predicted octanol–water partition coefficient (Wildman–Crippen LogP) is 1.53. The molecule has 1 amide bonds. The molecule has 2 saturated heterocycles. The first kappa shape index (κ1) is 10.6. The Morgan fingerprint density at radius 1 is 1.19 bits per heavy atom. The van der Waals surface area contributed by atoms with Gasteiger partial charge in [0.1, 0.15) is 0 Å². The molecule has 90 valence electrons. The van der Waals surface area contributed by atoms with E-state index in [4.69, 9.17) is 0 Å². The van der Waals surface area contributed by atoms with Crippen LogP contribution in [0.15, 0.2) is 0 Å². The van der Waals surface area contributed by atoms with E-state index < -0.39 is 0 Å². The Kier molecular flexibility index (Phi) is 2.66. The van der Waals surface area contributed by atoms with E-state index in [-0.39, 0.29) is 0 Å². The molecule has 3 nitrogen and oxygen atoms in total. The fraction of sp³-hybridized carbons (Fsp3) is 0.923. The molecule has 2 aliphatic heterocycles. The van der Waals surface area contributed by atoms with Crippen molar-refractivity contribution >= 4 is 5.91 Å². The number of rotatable bonds is 3. The summed E-state index contributed by atoms with van der Waals surface area (Å²) in [5.41, 5.74) is 0. The van der Waals surface area contributed by atoms with Crippen molar-refractivity contribution in [3.05, 3.63) is 0 Å². The molecule has 0 radical (unpaired) electrons. The molecule has 1 aliphatic carbocycles. The number of amides is 1. The number of nitrogens with one attached hydrogen (secondary N) is 1. The van der Waals surface area contributed by atoms with E-state index in [1.54, 1.807) is 0 Å². The minimum Gasteiger partial charge on any atom is -0.343 e. The van der Waals surface area contributed by atoms with Crippen LogP contribution < -0.4 is 5.32 Å². The summed E-state index contributed by atoms with van der Waals surface area (Å²) in [6, 6.07) is 2.00. The van der Waals surface area contributed by atoms with Gasteiger partial charge in [-0.05, 0) is 44.4 Å². The van der Waals surface area contributed by atoms with Crippen molar-refractivity contribution in [2.75, 3.05) is 7.05 Å². The maximum absolute atomic E-state index is 12.0. The van der Waals surface area contributed by atoms with Crippen LogP contribution in [-0.2, 0) is 4.79 Å². The number of piperidine rings is 1. The van der Waals surface area contributed by atoms with Crippen LogP contribution in [0, 0.1) is 5.92 Å². The number of fused-ring (bicyclic) bond motifs is 2. The van der Waals surface area contributed by atoms with Crippen LogP contribution >= 0.6 is 0 Å². The number of hydrogen-bond acceptors (Lipinski definition) is 2. The first-order valence-electron chi connectivity index (χ1n) is 6.74. The Morgan fingerprint density at radius 3 is 2.38 bits per heavy atom. The molecule has 16 heavy (non-hydrogen) atoms. The quantitative estimate of drug-likeness (QED) is 0.785. The van der Waals surface area contributed by atoms with Gasteiger partial charge >= 0.3 is 0 Å². The molecule has 0 aromatic rings. The largest absolute Gasteiger partial charge is 0.343 e. The third kappa shape index (κ3) is 2.10. The molecule has 2 atom stereocenters. The summed E-state index contributed by atoms with van der Waals surface area (Å²) in [4.78, 5) is 14.0. The summed E-state index contributed by atoms with van der Waals surface area (Å²) in [6.45, 7) is 0. The first-order chi connectivity index (χ1) is 7.72. The molecule has 0 spiro atoms. The highest BCUT2D eigenvalue weighted by Crippen LogP contribution is 2.34. The van der Waals surface area contributed by atoms with Gasteiger partial charge in [0.2, 0.25) is 5.91 Å². The van der Waals surface area contributed by atoms with Gasteiger partial charge in [0.05, 0.1) is 0 Å². The molecule has 3 heteroatoms. The average Bonchev–Trinajstić information content (AvgIpc) is 3.04. The van der Waals surface area contributed by atoms with Crippen LogP contribution in [0.4, 0.5) is 0 Å². The SMILES string of the molecule is CN(C(=O)CC1CC2CCC(C1)N2)C1CC1. The molecule has 2 unspecified atom stereocenters. The number of hydrogen-bond donors (Lipinski definition) is 1. The van der Waals surface area contributed by atoms with E-state index in [0.29, 0.717) is 30.0 Å². The summed E-state index contributed by atoms with van der Waals surface area (Å²) in [6.07, 6.45) is 8.34. The second-order valence-electron chi connectivity index (χ2n) is 5.92. The van der Waals surface area contributed by atoms with Gasteiger partial charge < -0.3 is 10.2 Å². The maximum Gasteiger partial charge on any atom is 0.222 e. The van der Waals surface area contributed by atoms with E-state index in [1.165, 1.54) is 38.5 Å². The molecule has 3 aliphatic rings. The molecule has 3 fully saturated rings. The maximum atomic E-state index is 12.0. The molecule has 3 rings (SSSR count). The van der Waals surface area contributed by atoms with E-state index in [2.05, 4.69) is 5.32 Å². The van der Waals surface area contributed by atoms with Crippen molar-refractivity contribution in [1.29, 1.82) is 0 Å². The molecule has 2 bridgehead atoms. The number of nitrogens with zero attached hydrogens (tertiary/aromatic N) is 1. The van der Waals surface area contributed by atoms with Gasteiger partial charge in [-0.2, -0.15) is 0 Å². The Hall–Kier alpha value is -0.570. The molecular weight excluding hydrogens is 200 g/mol. The zero-order valence-corrected chi connectivity index (χ0v) is 10.1. The molecular formula is C13H22N2O. The number of carbonyl (C=O) groups is 1. The second-order valence-corrected chi connectivity index (χ2v) is 5.92. The Balaban J connectivity index is 1.52. The van der Waals surface area contributed by atoms with Crippen LogP contribution in [0.3, 0.4) is 0 Å². The van der Waals surface area contributed by atoms with Crippen molar-refractivity contribution in [1.82, 2.24) is 10.2 Å². The monoisotopic (exact) mass is 222 g/mol. The van der Waals surface area contributed by atoms with Crippen molar-refractivity contribution in [3.8, 4) is 0 Å². The lowest BCUT2D eigenvalue weighted by Gasteiger charge is -2.30. The fourth-order valence-corrected chi connectivity index (χ4v) is 3.40. The normalized spacial score (nSPS) is 37.4. The summed E-state index contributed by atoms with van der Waals surface area (Å²) in [5.74, 6) is 1.03. The van der Waals surface area contributed by atoms with E-state index >= 15 is 0 Å². The van der Waals surface area contributed by atoms with Crippen LogP contribution in [0.1, 0.15) is 44.9 Å². The van der Waals surface area contributed by atoms with Gasteiger partial charge in [0, 0.05) is 31.6 Å². The highest BCUT2D eigenvalue weighted by molar-refractivity contribution is 5.76. The zero-order chi connectivity index (χ0) is 11.1. The molecule has 1 saturated carbocycles. The van der Waals surface area contributed by atoms with Crippen molar-refractivity contribution in [2.45, 2.75) is 63.1 Å². The Bertz CT molecular complexity index is 276. The van der Waals surface area contributed by atoms with Gasteiger partial charge in [-0.25, -0.2) is 0 Å². The van der Waals surface area contributed by atoms with Crippen LogP contribution in [0.2, 0.25) is 0 Å². The molecule has 0 aromatic heterocycles. The van der Waals surface area contributed by atoms with Crippen LogP contribution in [0.25, 0.3) is 0 Å². The molecule has 0 aromatic carbocycles. The van der Waals surface area contributed by atoms with Crippen molar-refractivity contribution in [3.63, 3.8) is 0 Å². The number of carbonyl (C=O) groups excluding carboxylic acids is 1. The lowest BCUT2D eigenvalue weighted by Crippen LogP contribution is -2.40. The van der Waals surface area contributed by atoms with Gasteiger partial charge in [-0.3, -0.25) is 4.79 Å². The van der Waals surface area contributed by atoms with Gasteiger partial charge in [-0.1, -0.05) is 0 Å². The van der Waals surface area contributed by atoms with Crippen LogP contribution in [0.5, 0.6) is 0 Å². The highest BCUT2D eigenvalue weighted by atomic mass is 16.2. The third-order valence-electron chi connectivity index (χ3n) is 4.52.